The van der Waals surface area contributed by atoms with Gasteiger partial charge in [0.05, 0.1) is 12.5 Å². The molecule has 0 bridgehead atoms. The number of esters is 1. The van der Waals surface area contributed by atoms with Crippen LogP contribution in [0.3, 0.4) is 0 Å². The summed E-state index contributed by atoms with van der Waals surface area (Å²) in [5, 5.41) is 3.41. The van der Waals surface area contributed by atoms with E-state index in [4.69, 9.17) is 4.74 Å². The Kier molecular flexibility index (Phi) is 5.60. The minimum Gasteiger partial charge on any atom is -0.469 e. The van der Waals surface area contributed by atoms with E-state index in [0.717, 1.165) is 6.54 Å². The van der Waals surface area contributed by atoms with E-state index in [2.05, 4.69) is 24.1 Å². The Balaban J connectivity index is 2.25. The SMILES string of the molecule is COC(=O)C(C)(C)CNCC1CCN(C(C)C)C1. The zero-order chi connectivity index (χ0) is 13.8. The molecule has 4 nitrogen and oxygen atoms in total. The highest BCUT2D eigenvalue weighted by atomic mass is 16.5. The molecule has 0 radical (unpaired) electrons. The smallest absolute Gasteiger partial charge is 0.312 e. The molecule has 1 saturated heterocycles. The summed E-state index contributed by atoms with van der Waals surface area (Å²) in [4.78, 5) is 14.0. The van der Waals surface area contributed by atoms with Gasteiger partial charge in [-0.15, -0.1) is 0 Å². The van der Waals surface area contributed by atoms with Crippen LogP contribution >= 0.6 is 0 Å². The van der Waals surface area contributed by atoms with Gasteiger partial charge < -0.3 is 15.0 Å². The molecule has 0 aromatic rings. The van der Waals surface area contributed by atoms with Gasteiger partial charge >= 0.3 is 5.97 Å². The molecule has 1 unspecified atom stereocenters. The molecule has 18 heavy (non-hydrogen) atoms. The van der Waals surface area contributed by atoms with Crippen LogP contribution in [0.5, 0.6) is 0 Å². The fourth-order valence-electron chi connectivity index (χ4n) is 2.44. The van der Waals surface area contributed by atoms with Crippen LogP contribution in [0.4, 0.5) is 0 Å². The van der Waals surface area contributed by atoms with Gasteiger partial charge in [-0.25, -0.2) is 0 Å². The van der Waals surface area contributed by atoms with Gasteiger partial charge in [-0.2, -0.15) is 0 Å². The van der Waals surface area contributed by atoms with Crippen LogP contribution in [0.1, 0.15) is 34.1 Å². The third kappa shape index (κ3) is 4.25. The van der Waals surface area contributed by atoms with Crippen LogP contribution < -0.4 is 5.32 Å². The molecule has 0 aromatic carbocycles. The van der Waals surface area contributed by atoms with Crippen molar-refractivity contribution in [2.45, 2.75) is 40.2 Å². The lowest BCUT2D eigenvalue weighted by molar-refractivity contribution is -0.150. The first-order valence-corrected chi connectivity index (χ1v) is 6.90. The van der Waals surface area contributed by atoms with Crippen molar-refractivity contribution in [2.75, 3.05) is 33.3 Å². The highest BCUT2D eigenvalue weighted by Gasteiger charge is 2.29. The van der Waals surface area contributed by atoms with E-state index < -0.39 is 5.41 Å². The van der Waals surface area contributed by atoms with Crippen LogP contribution in [0.15, 0.2) is 0 Å². The summed E-state index contributed by atoms with van der Waals surface area (Å²) in [5.41, 5.74) is -0.439. The van der Waals surface area contributed by atoms with Gasteiger partial charge in [-0.1, -0.05) is 0 Å². The average molecular weight is 256 g/mol. The molecule has 0 saturated carbocycles. The van der Waals surface area contributed by atoms with Crippen LogP contribution in [-0.4, -0.2) is 50.2 Å². The summed E-state index contributed by atoms with van der Waals surface area (Å²) in [6.45, 7) is 12.4. The Morgan fingerprint density at radius 3 is 2.67 bits per heavy atom. The van der Waals surface area contributed by atoms with Gasteiger partial charge in [0, 0.05) is 19.1 Å². The van der Waals surface area contributed by atoms with Crippen molar-refractivity contribution in [3.63, 3.8) is 0 Å². The van der Waals surface area contributed by atoms with Crippen molar-refractivity contribution >= 4 is 5.97 Å². The first-order valence-electron chi connectivity index (χ1n) is 6.90. The zero-order valence-electron chi connectivity index (χ0n) is 12.5. The van der Waals surface area contributed by atoms with Crippen LogP contribution in [0.25, 0.3) is 0 Å². The zero-order valence-corrected chi connectivity index (χ0v) is 12.5. The molecule has 1 atom stereocenters. The van der Waals surface area contributed by atoms with E-state index in [-0.39, 0.29) is 5.97 Å². The van der Waals surface area contributed by atoms with E-state index in [1.165, 1.54) is 26.6 Å². The van der Waals surface area contributed by atoms with Gasteiger partial charge in [0.1, 0.15) is 0 Å². The number of nitrogens with one attached hydrogen (secondary N) is 1. The lowest BCUT2D eigenvalue weighted by atomic mass is 9.93. The number of carbonyl (C=O) groups excluding carboxylic acids is 1. The summed E-state index contributed by atoms with van der Waals surface area (Å²) in [6.07, 6.45) is 1.25. The number of ether oxygens (including phenoxy) is 1. The quantitative estimate of drug-likeness (QED) is 0.731. The molecular formula is C14H28N2O2. The Labute approximate surface area is 111 Å². The lowest BCUT2D eigenvalue weighted by Gasteiger charge is -2.23. The number of rotatable bonds is 6. The molecule has 1 rings (SSSR count). The standard InChI is InChI=1S/C14H28N2O2/c1-11(2)16-7-6-12(9-16)8-15-10-14(3,4)13(17)18-5/h11-12,15H,6-10H2,1-5H3. The first kappa shape index (κ1) is 15.4. The summed E-state index contributed by atoms with van der Waals surface area (Å²) >= 11 is 0. The monoisotopic (exact) mass is 256 g/mol. The number of hydrogen-bond donors (Lipinski definition) is 1. The topological polar surface area (TPSA) is 41.6 Å². The fourth-order valence-corrected chi connectivity index (χ4v) is 2.44. The second-order valence-electron chi connectivity index (χ2n) is 6.25. The van der Waals surface area contributed by atoms with E-state index in [1.54, 1.807) is 0 Å². The number of nitrogens with zero attached hydrogens (tertiary/aromatic N) is 1. The van der Waals surface area contributed by atoms with Gasteiger partial charge in [0.15, 0.2) is 0 Å². The maximum Gasteiger partial charge on any atom is 0.312 e. The van der Waals surface area contributed by atoms with Crippen molar-refractivity contribution in [1.29, 1.82) is 0 Å². The maximum absolute atomic E-state index is 11.5. The fraction of sp³-hybridized carbons (Fsp3) is 0.929. The summed E-state index contributed by atoms with van der Waals surface area (Å²) in [5.74, 6) is 0.561. The minimum absolute atomic E-state index is 0.148. The van der Waals surface area contributed by atoms with Crippen molar-refractivity contribution in [1.82, 2.24) is 10.2 Å². The third-order valence-corrected chi connectivity index (χ3v) is 3.79. The normalized spacial score (nSPS) is 21.6. The number of methoxy groups -OCH3 is 1. The van der Waals surface area contributed by atoms with E-state index in [1.807, 2.05) is 13.8 Å². The number of hydrogen-bond acceptors (Lipinski definition) is 4. The van der Waals surface area contributed by atoms with Gasteiger partial charge in [-0.05, 0) is 53.1 Å². The van der Waals surface area contributed by atoms with Crippen LogP contribution in [-0.2, 0) is 9.53 Å². The third-order valence-electron chi connectivity index (χ3n) is 3.79. The molecule has 0 aliphatic carbocycles. The molecule has 0 aromatic heterocycles. The second kappa shape index (κ2) is 6.53. The van der Waals surface area contributed by atoms with Crippen molar-refractivity contribution in [3.05, 3.63) is 0 Å². The summed E-state index contributed by atoms with van der Waals surface area (Å²) < 4.78 is 4.80. The molecule has 1 N–H and O–H groups in total. The van der Waals surface area contributed by atoms with Crippen molar-refractivity contribution in [3.8, 4) is 0 Å². The molecule has 106 valence electrons. The maximum atomic E-state index is 11.5. The summed E-state index contributed by atoms with van der Waals surface area (Å²) in [6, 6.07) is 0.640. The molecule has 1 heterocycles. The highest BCUT2D eigenvalue weighted by Crippen LogP contribution is 2.19. The predicted molar refractivity (Wildman–Crippen MR) is 73.5 cm³/mol. The van der Waals surface area contributed by atoms with Gasteiger partial charge in [0.2, 0.25) is 0 Å². The molecule has 1 fully saturated rings. The molecular weight excluding hydrogens is 228 g/mol. The van der Waals surface area contributed by atoms with Crippen LogP contribution in [0.2, 0.25) is 0 Å². The Morgan fingerprint density at radius 2 is 2.17 bits per heavy atom. The Hall–Kier alpha value is -0.610. The largest absolute Gasteiger partial charge is 0.469 e. The van der Waals surface area contributed by atoms with E-state index >= 15 is 0 Å². The summed E-state index contributed by atoms with van der Waals surface area (Å²) in [7, 11) is 1.45. The Morgan fingerprint density at radius 1 is 1.50 bits per heavy atom. The number of carbonyl (C=O) groups is 1. The first-order chi connectivity index (χ1) is 8.36. The van der Waals surface area contributed by atoms with Crippen molar-refractivity contribution < 1.29 is 9.53 Å². The highest BCUT2D eigenvalue weighted by molar-refractivity contribution is 5.76. The molecule has 4 heteroatoms. The average Bonchev–Trinajstić information content (AvgIpc) is 2.76. The molecule has 1 aliphatic heterocycles. The predicted octanol–water partition coefficient (Wildman–Crippen LogP) is 1.51. The molecule has 1 aliphatic rings. The van der Waals surface area contributed by atoms with E-state index in [0.29, 0.717) is 18.5 Å². The molecule has 0 amide bonds. The second-order valence-corrected chi connectivity index (χ2v) is 6.25. The molecule has 0 spiro atoms. The van der Waals surface area contributed by atoms with Gasteiger partial charge in [0.25, 0.3) is 0 Å². The minimum atomic E-state index is -0.439. The number of likely N-dealkylation sites (tertiary alicyclic amines) is 1. The van der Waals surface area contributed by atoms with Crippen LogP contribution in [0, 0.1) is 11.3 Å². The van der Waals surface area contributed by atoms with E-state index in [9.17, 15) is 4.79 Å². The Bertz CT molecular complexity index is 277. The van der Waals surface area contributed by atoms with Crippen molar-refractivity contribution in [2.24, 2.45) is 11.3 Å². The lowest BCUT2D eigenvalue weighted by Crippen LogP contribution is -2.39. The van der Waals surface area contributed by atoms with Gasteiger partial charge in [-0.3, -0.25) is 4.79 Å².